The van der Waals surface area contributed by atoms with Crippen molar-refractivity contribution in [2.75, 3.05) is 0 Å². The molecule has 3 nitrogen and oxygen atoms in total. The Morgan fingerprint density at radius 2 is 2.00 bits per heavy atom. The quantitative estimate of drug-likeness (QED) is 0.676. The second-order valence-corrected chi connectivity index (χ2v) is 4.52. The molecule has 0 amide bonds. The first-order chi connectivity index (χ1) is 8.63. The summed E-state index contributed by atoms with van der Waals surface area (Å²) in [6.45, 7) is 0. The molecule has 0 aliphatic rings. The van der Waals surface area contributed by atoms with Crippen LogP contribution in [-0.2, 0) is 0 Å². The normalized spacial score (nSPS) is 12.4. The Bertz CT molecular complexity index is 563. The van der Waals surface area contributed by atoms with Gasteiger partial charge in [-0.2, -0.15) is 0 Å². The smallest absolute Gasteiger partial charge is 0.146 e. The second kappa shape index (κ2) is 5.51. The van der Waals surface area contributed by atoms with Crippen LogP contribution in [0.2, 0.25) is 0 Å². The number of hydrogen-bond donors (Lipinski definition) is 2. The predicted octanol–water partition coefficient (Wildman–Crippen LogP) is 2.68. The number of benzene rings is 1. The molecule has 0 aliphatic heterocycles. The first-order valence-electron chi connectivity index (χ1n) is 5.14. The maximum Gasteiger partial charge on any atom is 0.146 e. The molecule has 0 saturated carbocycles. The van der Waals surface area contributed by atoms with Crippen molar-refractivity contribution in [3.05, 3.63) is 63.9 Å². The van der Waals surface area contributed by atoms with Gasteiger partial charge in [0.15, 0.2) is 0 Å². The van der Waals surface area contributed by atoms with Crippen molar-refractivity contribution in [3.63, 3.8) is 0 Å². The fraction of sp³-hybridized carbons (Fsp3) is 0.0833. The average molecular weight is 314 g/mol. The van der Waals surface area contributed by atoms with Gasteiger partial charge in [-0.25, -0.2) is 14.2 Å². The molecule has 1 unspecified atom stereocenters. The van der Waals surface area contributed by atoms with Gasteiger partial charge in [-0.05, 0) is 39.7 Å². The SMILES string of the molecule is NNC(c1ccc(F)c(Br)c1)c1ccncc1F. The zero-order valence-electron chi connectivity index (χ0n) is 9.20. The summed E-state index contributed by atoms with van der Waals surface area (Å²) in [5.41, 5.74) is 3.51. The monoisotopic (exact) mass is 313 g/mol. The Morgan fingerprint density at radius 3 is 2.61 bits per heavy atom. The van der Waals surface area contributed by atoms with E-state index in [9.17, 15) is 8.78 Å². The lowest BCUT2D eigenvalue weighted by Crippen LogP contribution is -2.29. The van der Waals surface area contributed by atoms with Crippen LogP contribution in [0.3, 0.4) is 0 Å². The minimum Gasteiger partial charge on any atom is -0.271 e. The largest absolute Gasteiger partial charge is 0.271 e. The van der Waals surface area contributed by atoms with Gasteiger partial charge in [-0.3, -0.25) is 10.8 Å². The van der Waals surface area contributed by atoms with Crippen molar-refractivity contribution in [2.24, 2.45) is 5.84 Å². The van der Waals surface area contributed by atoms with Crippen molar-refractivity contribution in [1.82, 2.24) is 10.4 Å². The van der Waals surface area contributed by atoms with E-state index in [-0.39, 0.29) is 5.82 Å². The number of pyridine rings is 1. The number of nitrogens with zero attached hydrogens (tertiary/aromatic N) is 1. The van der Waals surface area contributed by atoms with Gasteiger partial charge in [0.1, 0.15) is 11.6 Å². The number of rotatable bonds is 3. The van der Waals surface area contributed by atoms with Crippen LogP contribution in [0.25, 0.3) is 0 Å². The van der Waals surface area contributed by atoms with Gasteiger partial charge in [0, 0.05) is 11.8 Å². The number of nitrogens with one attached hydrogen (secondary N) is 1. The Morgan fingerprint density at radius 1 is 1.22 bits per heavy atom. The molecule has 6 heteroatoms. The molecule has 0 saturated heterocycles. The lowest BCUT2D eigenvalue weighted by atomic mass is 10.00. The molecule has 1 atom stereocenters. The Kier molecular flexibility index (Phi) is 4.00. The molecule has 0 radical (unpaired) electrons. The minimum atomic E-state index is -0.565. The molecule has 0 bridgehead atoms. The molecule has 1 aromatic carbocycles. The summed E-state index contributed by atoms with van der Waals surface area (Å²) in [4.78, 5) is 3.67. The molecule has 1 aromatic heterocycles. The van der Waals surface area contributed by atoms with Crippen molar-refractivity contribution >= 4 is 15.9 Å². The van der Waals surface area contributed by atoms with E-state index in [1.807, 2.05) is 0 Å². The maximum atomic E-state index is 13.6. The molecule has 2 aromatic rings. The molecule has 0 spiro atoms. The van der Waals surface area contributed by atoms with Crippen LogP contribution >= 0.6 is 15.9 Å². The summed E-state index contributed by atoms with van der Waals surface area (Å²) in [5.74, 6) is 4.59. The summed E-state index contributed by atoms with van der Waals surface area (Å²) in [5, 5.41) is 0. The van der Waals surface area contributed by atoms with E-state index in [1.165, 1.54) is 18.3 Å². The van der Waals surface area contributed by atoms with Gasteiger partial charge in [0.25, 0.3) is 0 Å². The summed E-state index contributed by atoms with van der Waals surface area (Å²) in [7, 11) is 0. The van der Waals surface area contributed by atoms with Gasteiger partial charge >= 0.3 is 0 Å². The second-order valence-electron chi connectivity index (χ2n) is 3.67. The van der Waals surface area contributed by atoms with Crippen molar-refractivity contribution in [3.8, 4) is 0 Å². The van der Waals surface area contributed by atoms with Gasteiger partial charge in [0.05, 0.1) is 16.7 Å². The number of halogens is 3. The molecule has 3 N–H and O–H groups in total. The Balaban J connectivity index is 2.45. The highest BCUT2D eigenvalue weighted by Crippen LogP contribution is 2.26. The maximum absolute atomic E-state index is 13.6. The van der Waals surface area contributed by atoms with Crippen LogP contribution in [-0.4, -0.2) is 4.98 Å². The molecule has 2 rings (SSSR count). The average Bonchev–Trinajstić information content (AvgIpc) is 2.37. The molecular formula is C12H10BrF2N3. The number of aromatic nitrogens is 1. The number of nitrogens with two attached hydrogens (primary N) is 1. The van der Waals surface area contributed by atoms with Gasteiger partial charge < -0.3 is 0 Å². The summed E-state index contributed by atoms with van der Waals surface area (Å²) >= 11 is 3.08. The zero-order valence-corrected chi connectivity index (χ0v) is 10.8. The van der Waals surface area contributed by atoms with Crippen LogP contribution in [0.15, 0.2) is 41.1 Å². The lowest BCUT2D eigenvalue weighted by Gasteiger charge is -2.17. The standard InChI is InChI=1S/C12H10BrF2N3/c13-9-5-7(1-2-10(9)14)12(18-16)8-3-4-17-6-11(8)15/h1-6,12,18H,16H2. The van der Waals surface area contributed by atoms with Crippen molar-refractivity contribution in [1.29, 1.82) is 0 Å². The third-order valence-corrected chi connectivity index (χ3v) is 3.17. The van der Waals surface area contributed by atoms with Crippen LogP contribution in [0.1, 0.15) is 17.2 Å². The molecular weight excluding hydrogens is 304 g/mol. The highest BCUT2D eigenvalue weighted by atomic mass is 79.9. The zero-order chi connectivity index (χ0) is 13.1. The van der Waals surface area contributed by atoms with Crippen LogP contribution in [0, 0.1) is 11.6 Å². The third-order valence-electron chi connectivity index (χ3n) is 2.56. The molecule has 0 aliphatic carbocycles. The van der Waals surface area contributed by atoms with E-state index in [4.69, 9.17) is 5.84 Å². The Labute approximate surface area is 111 Å². The van der Waals surface area contributed by atoms with Crippen LogP contribution < -0.4 is 11.3 Å². The fourth-order valence-electron chi connectivity index (χ4n) is 1.68. The summed E-state index contributed by atoms with van der Waals surface area (Å²) in [6.07, 6.45) is 2.58. The van der Waals surface area contributed by atoms with Crippen molar-refractivity contribution < 1.29 is 8.78 Å². The third kappa shape index (κ3) is 2.55. The highest BCUT2D eigenvalue weighted by molar-refractivity contribution is 9.10. The summed E-state index contributed by atoms with van der Waals surface area (Å²) in [6, 6.07) is 5.36. The van der Waals surface area contributed by atoms with E-state index in [0.717, 1.165) is 6.20 Å². The van der Waals surface area contributed by atoms with E-state index in [0.29, 0.717) is 15.6 Å². The predicted molar refractivity (Wildman–Crippen MR) is 67.5 cm³/mol. The molecule has 94 valence electrons. The van der Waals surface area contributed by atoms with Gasteiger partial charge in [0.2, 0.25) is 0 Å². The lowest BCUT2D eigenvalue weighted by molar-refractivity contribution is 0.554. The topological polar surface area (TPSA) is 50.9 Å². The highest BCUT2D eigenvalue weighted by Gasteiger charge is 2.17. The van der Waals surface area contributed by atoms with Gasteiger partial charge in [-0.15, -0.1) is 0 Å². The van der Waals surface area contributed by atoms with E-state index in [2.05, 4.69) is 26.3 Å². The number of hydrogen-bond acceptors (Lipinski definition) is 3. The van der Waals surface area contributed by atoms with Crippen molar-refractivity contribution in [2.45, 2.75) is 6.04 Å². The van der Waals surface area contributed by atoms with E-state index < -0.39 is 11.9 Å². The van der Waals surface area contributed by atoms with E-state index in [1.54, 1.807) is 12.1 Å². The summed E-state index contributed by atoms with van der Waals surface area (Å²) < 4.78 is 27.1. The Hall–Kier alpha value is -1.37. The molecule has 18 heavy (non-hydrogen) atoms. The van der Waals surface area contributed by atoms with Gasteiger partial charge in [-0.1, -0.05) is 6.07 Å². The first-order valence-corrected chi connectivity index (χ1v) is 5.93. The first kappa shape index (κ1) is 13.1. The fourth-order valence-corrected chi connectivity index (χ4v) is 2.07. The molecule has 0 fully saturated rings. The van der Waals surface area contributed by atoms with Crippen LogP contribution in [0.4, 0.5) is 8.78 Å². The minimum absolute atomic E-state index is 0.301. The number of hydrazine groups is 1. The molecule has 1 heterocycles. The van der Waals surface area contributed by atoms with E-state index >= 15 is 0 Å². The van der Waals surface area contributed by atoms with Crippen LogP contribution in [0.5, 0.6) is 0 Å².